The highest BCUT2D eigenvalue weighted by molar-refractivity contribution is 9.10. The van der Waals surface area contributed by atoms with Gasteiger partial charge in [0.15, 0.2) is 17.1 Å². The van der Waals surface area contributed by atoms with Crippen LogP contribution in [0, 0.1) is 11.3 Å². The van der Waals surface area contributed by atoms with Gasteiger partial charge in [0.2, 0.25) is 0 Å². The highest BCUT2D eigenvalue weighted by Crippen LogP contribution is 2.55. The maximum Gasteiger partial charge on any atom is 0.460 e. The minimum Gasteiger partial charge on any atom is -0.374 e. The van der Waals surface area contributed by atoms with Crippen molar-refractivity contribution in [3.05, 3.63) is 59.0 Å². The number of pyridine rings is 2. The second-order valence-electron chi connectivity index (χ2n) is 8.12. The van der Waals surface area contributed by atoms with E-state index in [9.17, 15) is 61.6 Å². The molecule has 0 aliphatic heterocycles. The predicted octanol–water partition coefficient (Wildman–Crippen LogP) is 5.59. The van der Waals surface area contributed by atoms with E-state index in [1.165, 1.54) is 18.2 Å². The Balaban J connectivity index is 2.06. The molecule has 0 amide bonds. The summed E-state index contributed by atoms with van der Waals surface area (Å²) in [5.74, 6) is -16.9. The largest absolute Gasteiger partial charge is 0.460 e. The van der Waals surface area contributed by atoms with Crippen LogP contribution in [0.2, 0.25) is 0 Å². The molecule has 0 saturated heterocycles. The third-order valence-corrected chi connectivity index (χ3v) is 8.96. The molecule has 0 radical (unpaired) electrons. The van der Waals surface area contributed by atoms with Crippen LogP contribution >= 0.6 is 15.9 Å². The first-order valence-corrected chi connectivity index (χ1v) is 14.1. The molecule has 0 N–H and O–H groups in total. The molecule has 0 atom stereocenters. The highest BCUT2D eigenvalue weighted by atomic mass is 79.9. The summed E-state index contributed by atoms with van der Waals surface area (Å²) in [6.45, 7) is 0. The second kappa shape index (κ2) is 9.70. The summed E-state index contributed by atoms with van der Waals surface area (Å²) in [4.78, 5) is 6.86. The van der Waals surface area contributed by atoms with Crippen molar-refractivity contribution in [2.75, 3.05) is 0 Å². The van der Waals surface area contributed by atoms with E-state index in [2.05, 4.69) is 30.1 Å². The van der Waals surface area contributed by atoms with Crippen LogP contribution in [0.15, 0.2) is 58.2 Å². The number of nitriles is 1. The Morgan fingerprint density at radius 1 is 0.881 bits per heavy atom. The number of halogens is 10. The molecule has 0 unspecified atom stereocenters. The zero-order valence-electron chi connectivity index (χ0n) is 19.5. The predicted molar refractivity (Wildman–Crippen MR) is 127 cm³/mol. The molecule has 3 aromatic heterocycles. The van der Waals surface area contributed by atoms with Gasteiger partial charge in [-0.25, -0.2) is 22.4 Å². The zero-order chi connectivity index (χ0) is 31.7. The van der Waals surface area contributed by atoms with E-state index in [0.717, 1.165) is 30.5 Å². The first-order valence-electron chi connectivity index (χ1n) is 10.5. The zero-order valence-corrected chi connectivity index (χ0v) is 22.8. The topological polar surface area (TPSA) is 132 Å². The Bertz CT molecular complexity index is 1990. The van der Waals surface area contributed by atoms with E-state index in [1.807, 2.05) is 0 Å². The number of benzene rings is 1. The SMILES string of the molecule is N#Cc1ncc2c(c1OS(=O)(=O)C(F)(F)C(F)(F)C(F)(F)C(F)(F)F)c1cc(Br)cnc1n2S(=O)(=O)c1ccccc1. The molecule has 0 aliphatic carbocycles. The first kappa shape index (κ1) is 31.3. The molecule has 224 valence electrons. The standard InChI is InChI=1S/C21H8BrF9N4O5S2/c22-10-6-12-15-14(35(17(12)34-8-10)41(36,37)11-4-2-1-3-5-11)9-33-13(7-32)16(15)40-42(38,39)21(30,31)19(25,26)18(23,24)20(27,28)29/h1-6,8-9H. The van der Waals surface area contributed by atoms with Crippen molar-refractivity contribution in [2.45, 2.75) is 28.2 Å². The normalized spacial score (nSPS) is 13.8. The van der Waals surface area contributed by atoms with Gasteiger partial charge in [-0.15, -0.1) is 0 Å². The maximum absolute atomic E-state index is 14.5. The Morgan fingerprint density at radius 2 is 1.48 bits per heavy atom. The van der Waals surface area contributed by atoms with Gasteiger partial charge < -0.3 is 4.18 Å². The summed E-state index contributed by atoms with van der Waals surface area (Å²) in [5, 5.41) is 0.746. The van der Waals surface area contributed by atoms with Crippen molar-refractivity contribution in [1.29, 1.82) is 5.26 Å². The van der Waals surface area contributed by atoms with Gasteiger partial charge in [-0.2, -0.15) is 53.2 Å². The van der Waals surface area contributed by atoms with Crippen LogP contribution in [0.5, 0.6) is 5.75 Å². The molecule has 0 fully saturated rings. The van der Waals surface area contributed by atoms with Gasteiger partial charge in [0.05, 0.1) is 22.0 Å². The van der Waals surface area contributed by atoms with Crippen molar-refractivity contribution in [1.82, 2.24) is 13.9 Å². The Hall–Kier alpha value is -3.64. The quantitative estimate of drug-likeness (QED) is 0.179. The smallest absolute Gasteiger partial charge is 0.374 e. The molecule has 9 nitrogen and oxygen atoms in total. The molecule has 1 aromatic carbocycles. The van der Waals surface area contributed by atoms with Crippen LogP contribution in [0.4, 0.5) is 39.5 Å². The van der Waals surface area contributed by atoms with Crippen LogP contribution < -0.4 is 4.18 Å². The molecule has 0 spiro atoms. The number of fused-ring (bicyclic) bond motifs is 3. The third-order valence-electron chi connectivity index (χ3n) is 5.54. The van der Waals surface area contributed by atoms with Crippen LogP contribution in [-0.2, 0) is 20.1 Å². The summed E-state index contributed by atoms with van der Waals surface area (Å²) in [5.41, 5.74) is -2.60. The fourth-order valence-electron chi connectivity index (χ4n) is 3.57. The molecule has 3 heterocycles. The molecule has 4 rings (SSSR count). The second-order valence-corrected chi connectivity index (χ2v) is 12.4. The van der Waals surface area contributed by atoms with Gasteiger partial charge >= 0.3 is 33.4 Å². The Kier molecular flexibility index (Phi) is 7.23. The average Bonchev–Trinajstić information content (AvgIpc) is 3.22. The average molecular weight is 711 g/mol. The number of alkyl halides is 9. The molecule has 0 saturated carbocycles. The summed E-state index contributed by atoms with van der Waals surface area (Å²) in [6.07, 6.45) is -5.69. The maximum atomic E-state index is 14.5. The van der Waals surface area contributed by atoms with Gasteiger partial charge in [-0.3, -0.25) is 0 Å². The number of nitrogens with zero attached hydrogens (tertiary/aromatic N) is 4. The van der Waals surface area contributed by atoms with Crippen molar-refractivity contribution >= 4 is 58.0 Å². The summed E-state index contributed by atoms with van der Waals surface area (Å²) in [7, 11) is -12.3. The van der Waals surface area contributed by atoms with Crippen LogP contribution in [0.25, 0.3) is 21.9 Å². The lowest BCUT2D eigenvalue weighted by Crippen LogP contribution is -2.63. The van der Waals surface area contributed by atoms with Crippen molar-refractivity contribution in [3.63, 3.8) is 0 Å². The van der Waals surface area contributed by atoms with E-state index in [-0.39, 0.29) is 4.47 Å². The Morgan fingerprint density at radius 3 is 2.02 bits per heavy atom. The molecule has 0 bridgehead atoms. The van der Waals surface area contributed by atoms with Crippen LogP contribution in [0.1, 0.15) is 5.69 Å². The van der Waals surface area contributed by atoms with Crippen LogP contribution in [0.3, 0.4) is 0 Å². The van der Waals surface area contributed by atoms with E-state index < -0.39 is 81.7 Å². The minimum atomic E-state index is -7.64. The minimum absolute atomic E-state index is 0.0250. The van der Waals surface area contributed by atoms with E-state index in [1.54, 1.807) is 0 Å². The van der Waals surface area contributed by atoms with Crippen molar-refractivity contribution in [3.8, 4) is 11.8 Å². The summed E-state index contributed by atoms with van der Waals surface area (Å²) in [6, 6.07) is 8.43. The molecular formula is C21H8BrF9N4O5S2. The van der Waals surface area contributed by atoms with E-state index in [0.29, 0.717) is 10.2 Å². The molecule has 42 heavy (non-hydrogen) atoms. The highest BCUT2D eigenvalue weighted by Gasteiger charge is 2.86. The summed E-state index contributed by atoms with van der Waals surface area (Å²) >= 11 is 2.97. The molecule has 4 aromatic rings. The molecular weight excluding hydrogens is 703 g/mol. The van der Waals surface area contributed by atoms with Gasteiger partial charge in [0.25, 0.3) is 10.0 Å². The van der Waals surface area contributed by atoms with Crippen molar-refractivity contribution < 1.29 is 60.5 Å². The lowest BCUT2D eigenvalue weighted by atomic mass is 10.1. The lowest BCUT2D eigenvalue weighted by molar-refractivity contribution is -0.382. The van der Waals surface area contributed by atoms with Gasteiger partial charge in [-0.05, 0) is 34.1 Å². The fraction of sp³-hybridized carbons (Fsp3) is 0.190. The van der Waals surface area contributed by atoms with Gasteiger partial charge in [-0.1, -0.05) is 18.2 Å². The number of rotatable bonds is 7. The Labute approximate surface area is 236 Å². The molecule has 0 aliphatic rings. The number of hydrogen-bond donors (Lipinski definition) is 0. The third kappa shape index (κ3) is 4.43. The van der Waals surface area contributed by atoms with E-state index in [4.69, 9.17) is 0 Å². The van der Waals surface area contributed by atoms with Crippen LogP contribution in [-0.4, -0.2) is 54.1 Å². The number of hydrogen-bond acceptors (Lipinski definition) is 8. The van der Waals surface area contributed by atoms with Gasteiger partial charge in [0.1, 0.15) is 6.07 Å². The lowest BCUT2D eigenvalue weighted by Gasteiger charge is -2.32. The first-order chi connectivity index (χ1) is 19.1. The summed E-state index contributed by atoms with van der Waals surface area (Å²) < 4.78 is 177. The van der Waals surface area contributed by atoms with Gasteiger partial charge in [0, 0.05) is 16.1 Å². The monoisotopic (exact) mass is 710 g/mol. The van der Waals surface area contributed by atoms with Crippen molar-refractivity contribution in [2.24, 2.45) is 0 Å². The van der Waals surface area contributed by atoms with E-state index >= 15 is 0 Å². The molecule has 21 heteroatoms. The fourth-order valence-corrected chi connectivity index (χ4v) is 6.31. The number of aromatic nitrogens is 3.